The van der Waals surface area contributed by atoms with Crippen LogP contribution in [-0.2, 0) is 32.1 Å². The highest BCUT2D eigenvalue weighted by molar-refractivity contribution is 5.92. The van der Waals surface area contributed by atoms with Gasteiger partial charge in [-0.1, -0.05) is 92.8 Å². The first-order valence-electron chi connectivity index (χ1n) is 13.6. The predicted octanol–water partition coefficient (Wildman–Crippen LogP) is 3.75. The molecule has 3 N–H and O–H groups in total. The van der Waals surface area contributed by atoms with Gasteiger partial charge in [0.1, 0.15) is 18.7 Å². The summed E-state index contributed by atoms with van der Waals surface area (Å²) in [6.07, 6.45) is 8.06. The van der Waals surface area contributed by atoms with Crippen LogP contribution in [0.1, 0.15) is 62.5 Å². The zero-order valence-electron chi connectivity index (χ0n) is 21.5. The van der Waals surface area contributed by atoms with Crippen LogP contribution in [0.3, 0.4) is 0 Å². The Hall–Kier alpha value is -3.19. The van der Waals surface area contributed by atoms with Crippen molar-refractivity contribution in [1.82, 2.24) is 10.2 Å². The maximum atomic E-state index is 13.7. The minimum absolute atomic E-state index is 0.165. The number of esters is 1. The molecule has 0 unspecified atom stereocenters. The second-order valence-corrected chi connectivity index (χ2v) is 10.4. The highest BCUT2D eigenvalue weighted by atomic mass is 16.5. The minimum atomic E-state index is -0.796. The zero-order chi connectivity index (χ0) is 26.0. The fourth-order valence-electron chi connectivity index (χ4n) is 5.52. The number of ether oxygens (including phenoxy) is 1. The molecule has 1 saturated carbocycles. The molecule has 7 heteroatoms. The molecular formula is C30H39N3O4. The number of hydrogen-bond acceptors (Lipinski definition) is 5. The molecule has 2 aromatic rings. The van der Waals surface area contributed by atoms with Gasteiger partial charge in [-0.2, -0.15) is 0 Å². The van der Waals surface area contributed by atoms with E-state index in [-0.39, 0.29) is 18.4 Å². The van der Waals surface area contributed by atoms with Gasteiger partial charge in [-0.15, -0.1) is 0 Å². The minimum Gasteiger partial charge on any atom is -0.459 e. The number of carbonyl (C=O) groups is 3. The lowest BCUT2D eigenvalue weighted by Crippen LogP contribution is -2.55. The van der Waals surface area contributed by atoms with Gasteiger partial charge in [-0.3, -0.25) is 9.59 Å². The quantitative estimate of drug-likeness (QED) is 0.479. The maximum absolute atomic E-state index is 13.7. The summed E-state index contributed by atoms with van der Waals surface area (Å²) in [6.45, 7) is 0.623. The van der Waals surface area contributed by atoms with Crippen molar-refractivity contribution in [3.63, 3.8) is 0 Å². The van der Waals surface area contributed by atoms with E-state index >= 15 is 0 Å². The maximum Gasteiger partial charge on any atom is 0.329 e. The van der Waals surface area contributed by atoms with Crippen LogP contribution in [0.2, 0.25) is 0 Å². The lowest BCUT2D eigenvalue weighted by molar-refractivity contribution is -0.155. The SMILES string of the molecule is N[C@H](CC1CCCCC1)C(=O)N[C@@H](Cc1ccccc1)C(=O)N1CCC[C@@H]1C(=O)OCc1ccccc1. The molecule has 0 spiro atoms. The van der Waals surface area contributed by atoms with E-state index in [1.807, 2.05) is 60.7 Å². The molecule has 2 fully saturated rings. The van der Waals surface area contributed by atoms with Crippen molar-refractivity contribution in [3.8, 4) is 0 Å². The molecule has 1 aliphatic carbocycles. The van der Waals surface area contributed by atoms with Crippen LogP contribution in [-0.4, -0.2) is 47.4 Å². The summed E-state index contributed by atoms with van der Waals surface area (Å²) >= 11 is 0. The molecule has 1 aliphatic heterocycles. The highest BCUT2D eigenvalue weighted by Crippen LogP contribution is 2.27. The van der Waals surface area contributed by atoms with Crippen molar-refractivity contribution in [2.24, 2.45) is 11.7 Å². The third kappa shape index (κ3) is 7.65. The monoisotopic (exact) mass is 505 g/mol. The summed E-state index contributed by atoms with van der Waals surface area (Å²) in [5.41, 5.74) is 8.13. The van der Waals surface area contributed by atoms with Gasteiger partial charge in [0.2, 0.25) is 11.8 Å². The summed E-state index contributed by atoms with van der Waals surface area (Å²) in [7, 11) is 0. The first kappa shape index (κ1) is 26.9. The third-order valence-electron chi connectivity index (χ3n) is 7.58. The number of hydrogen-bond donors (Lipinski definition) is 2. The normalized spacial score (nSPS) is 19.7. The molecule has 4 rings (SSSR count). The molecule has 37 heavy (non-hydrogen) atoms. The van der Waals surface area contributed by atoms with Crippen LogP contribution in [0, 0.1) is 5.92 Å². The van der Waals surface area contributed by atoms with Gasteiger partial charge in [0.25, 0.3) is 0 Å². The smallest absolute Gasteiger partial charge is 0.329 e. The predicted molar refractivity (Wildman–Crippen MR) is 142 cm³/mol. The van der Waals surface area contributed by atoms with E-state index in [9.17, 15) is 14.4 Å². The highest BCUT2D eigenvalue weighted by Gasteiger charge is 2.39. The average Bonchev–Trinajstić information content (AvgIpc) is 3.43. The number of nitrogens with zero attached hydrogens (tertiary/aromatic N) is 1. The van der Waals surface area contributed by atoms with Crippen molar-refractivity contribution >= 4 is 17.8 Å². The molecule has 2 amide bonds. The molecule has 7 nitrogen and oxygen atoms in total. The number of benzene rings is 2. The van der Waals surface area contributed by atoms with Gasteiger partial charge in [0.05, 0.1) is 6.04 Å². The topological polar surface area (TPSA) is 102 Å². The average molecular weight is 506 g/mol. The van der Waals surface area contributed by atoms with Gasteiger partial charge < -0.3 is 20.7 Å². The van der Waals surface area contributed by atoms with Crippen molar-refractivity contribution < 1.29 is 19.1 Å². The van der Waals surface area contributed by atoms with Gasteiger partial charge in [0.15, 0.2) is 0 Å². The van der Waals surface area contributed by atoms with Crippen molar-refractivity contribution in [2.75, 3.05) is 6.54 Å². The number of carbonyl (C=O) groups excluding carboxylic acids is 3. The van der Waals surface area contributed by atoms with Gasteiger partial charge in [-0.25, -0.2) is 4.79 Å². The largest absolute Gasteiger partial charge is 0.459 e. The Morgan fingerprint density at radius 2 is 1.54 bits per heavy atom. The van der Waals surface area contributed by atoms with E-state index in [0.717, 1.165) is 24.0 Å². The molecule has 198 valence electrons. The molecular weight excluding hydrogens is 466 g/mol. The molecule has 2 aromatic carbocycles. The number of amides is 2. The lowest BCUT2D eigenvalue weighted by Gasteiger charge is -2.30. The van der Waals surface area contributed by atoms with E-state index in [2.05, 4.69) is 5.32 Å². The van der Waals surface area contributed by atoms with Crippen LogP contribution >= 0.6 is 0 Å². The van der Waals surface area contributed by atoms with Crippen LogP contribution < -0.4 is 11.1 Å². The fraction of sp³-hybridized carbons (Fsp3) is 0.500. The van der Waals surface area contributed by atoms with Gasteiger partial charge in [-0.05, 0) is 36.3 Å². The van der Waals surface area contributed by atoms with Crippen LogP contribution in [0.25, 0.3) is 0 Å². The summed E-state index contributed by atoms with van der Waals surface area (Å²) in [6, 6.07) is 17.0. The molecule has 1 heterocycles. The molecule has 0 radical (unpaired) electrons. The number of nitrogens with two attached hydrogens (primary N) is 1. The lowest BCUT2D eigenvalue weighted by atomic mass is 9.85. The standard InChI is InChI=1S/C30H39N3O4/c31-25(19-22-11-4-1-5-12-22)28(34)32-26(20-23-13-6-2-7-14-23)29(35)33-18-10-17-27(33)30(36)37-21-24-15-8-3-9-16-24/h2-3,6-9,13-16,22,25-27H,1,4-5,10-12,17-21,31H2,(H,32,34)/t25-,26+,27-/m1/s1. The third-order valence-corrected chi connectivity index (χ3v) is 7.58. The Balaban J connectivity index is 1.42. The number of rotatable bonds is 10. The Kier molecular flexibility index (Phi) is 9.71. The molecule has 3 atom stereocenters. The van der Waals surface area contributed by atoms with E-state index in [1.165, 1.54) is 19.3 Å². The summed E-state index contributed by atoms with van der Waals surface area (Å²) < 4.78 is 5.55. The molecule has 1 saturated heterocycles. The second kappa shape index (κ2) is 13.4. The second-order valence-electron chi connectivity index (χ2n) is 10.4. The number of nitrogens with one attached hydrogen (secondary N) is 1. The zero-order valence-corrected chi connectivity index (χ0v) is 21.5. The summed E-state index contributed by atoms with van der Waals surface area (Å²) in [5, 5.41) is 2.94. The first-order chi connectivity index (χ1) is 18.0. The van der Waals surface area contributed by atoms with E-state index in [1.54, 1.807) is 4.90 Å². The van der Waals surface area contributed by atoms with Crippen molar-refractivity contribution in [1.29, 1.82) is 0 Å². The first-order valence-corrected chi connectivity index (χ1v) is 13.6. The fourth-order valence-corrected chi connectivity index (χ4v) is 5.52. The summed E-state index contributed by atoms with van der Waals surface area (Å²) in [5.74, 6) is -0.517. The van der Waals surface area contributed by atoms with Crippen LogP contribution in [0.15, 0.2) is 60.7 Å². The van der Waals surface area contributed by atoms with Crippen molar-refractivity contribution in [2.45, 2.75) is 82.5 Å². The van der Waals surface area contributed by atoms with Gasteiger partial charge >= 0.3 is 5.97 Å². The van der Waals surface area contributed by atoms with E-state index in [4.69, 9.17) is 10.5 Å². The van der Waals surface area contributed by atoms with E-state index < -0.39 is 24.1 Å². The molecule has 2 aliphatic rings. The van der Waals surface area contributed by atoms with Crippen LogP contribution in [0.5, 0.6) is 0 Å². The van der Waals surface area contributed by atoms with Gasteiger partial charge in [0, 0.05) is 13.0 Å². The Labute approximate surface area is 219 Å². The number of likely N-dealkylation sites (tertiary alicyclic amines) is 1. The Morgan fingerprint density at radius 3 is 2.22 bits per heavy atom. The van der Waals surface area contributed by atoms with Crippen molar-refractivity contribution in [3.05, 3.63) is 71.8 Å². The molecule has 0 aromatic heterocycles. The Bertz CT molecular complexity index is 1020. The Morgan fingerprint density at radius 1 is 0.892 bits per heavy atom. The van der Waals surface area contributed by atoms with Crippen LogP contribution in [0.4, 0.5) is 0 Å². The summed E-state index contributed by atoms with van der Waals surface area (Å²) in [4.78, 5) is 41.4. The van der Waals surface area contributed by atoms with E-state index in [0.29, 0.717) is 38.1 Å². The molecule has 0 bridgehead atoms.